The van der Waals surface area contributed by atoms with Crippen LogP contribution in [0.1, 0.15) is 13.8 Å². The van der Waals surface area contributed by atoms with E-state index in [4.69, 9.17) is 9.47 Å². The van der Waals surface area contributed by atoms with Gasteiger partial charge in [-0.15, -0.1) is 0 Å². The molecule has 0 aromatic carbocycles. The minimum absolute atomic E-state index is 0.272. The van der Waals surface area contributed by atoms with Crippen LogP contribution in [0.2, 0.25) is 0 Å². The summed E-state index contributed by atoms with van der Waals surface area (Å²) in [5, 5.41) is 5.18. The molecule has 100 valence electrons. The lowest BCUT2D eigenvalue weighted by atomic mass is 10.6. The Hall–Kier alpha value is -1.73. The largest absolute Gasteiger partial charge is 0.351 e. The van der Waals surface area contributed by atoms with E-state index in [0.717, 1.165) is 0 Å². The Kier molecular flexibility index (Phi) is 6.67. The summed E-state index contributed by atoms with van der Waals surface area (Å²) < 4.78 is 10.6. The molecule has 0 aliphatic carbocycles. The van der Waals surface area contributed by atoms with E-state index in [-0.39, 0.29) is 12.6 Å². The third-order valence-electron chi connectivity index (χ3n) is 1.94. The third kappa shape index (κ3) is 5.55. The first-order valence-electron chi connectivity index (χ1n) is 5.80. The Balaban J connectivity index is 2.31. The molecule has 0 saturated carbocycles. The molecule has 0 atom stereocenters. The Labute approximate surface area is 106 Å². The Morgan fingerprint density at radius 3 is 2.61 bits per heavy atom. The van der Waals surface area contributed by atoms with Crippen molar-refractivity contribution in [3.8, 4) is 0 Å². The summed E-state index contributed by atoms with van der Waals surface area (Å²) in [7, 11) is 0. The normalized spacial score (nSPS) is 10.4. The van der Waals surface area contributed by atoms with Crippen molar-refractivity contribution in [1.29, 1.82) is 0 Å². The zero-order chi connectivity index (χ0) is 13.2. The van der Waals surface area contributed by atoms with Crippen molar-refractivity contribution in [1.82, 2.24) is 15.3 Å². The van der Waals surface area contributed by atoms with Crippen LogP contribution in [0.4, 0.5) is 10.6 Å². The number of aromatic nitrogens is 2. The van der Waals surface area contributed by atoms with Crippen molar-refractivity contribution in [3.05, 3.63) is 18.6 Å². The van der Waals surface area contributed by atoms with Crippen molar-refractivity contribution >= 4 is 11.8 Å². The molecule has 0 radical (unpaired) electrons. The van der Waals surface area contributed by atoms with Gasteiger partial charge in [0, 0.05) is 25.6 Å². The van der Waals surface area contributed by atoms with Gasteiger partial charge in [-0.05, 0) is 13.8 Å². The van der Waals surface area contributed by atoms with Crippen molar-refractivity contribution in [3.63, 3.8) is 0 Å². The standard InChI is InChI=1S/C11H18N4O3/c1-3-17-10(18-4-2)8-14-11(16)15-9-7-12-5-6-13-9/h5-7,10H,3-4,8H2,1-2H3,(H2,13,14,15,16). The van der Waals surface area contributed by atoms with Gasteiger partial charge in [-0.2, -0.15) is 0 Å². The lowest BCUT2D eigenvalue weighted by Crippen LogP contribution is -2.38. The molecule has 0 saturated heterocycles. The molecule has 2 amide bonds. The molecule has 0 aliphatic heterocycles. The first kappa shape index (κ1) is 14.3. The molecule has 2 N–H and O–H groups in total. The number of hydrogen-bond donors (Lipinski definition) is 2. The number of nitrogens with one attached hydrogen (secondary N) is 2. The SMILES string of the molecule is CCOC(CNC(=O)Nc1cnccn1)OCC. The number of ether oxygens (including phenoxy) is 2. The molecule has 1 aromatic heterocycles. The monoisotopic (exact) mass is 254 g/mol. The summed E-state index contributed by atoms with van der Waals surface area (Å²) >= 11 is 0. The number of hydrogen-bond acceptors (Lipinski definition) is 5. The predicted octanol–water partition coefficient (Wildman–Crippen LogP) is 0.997. The minimum Gasteiger partial charge on any atom is -0.351 e. The highest BCUT2D eigenvalue weighted by Crippen LogP contribution is 1.97. The maximum atomic E-state index is 11.5. The van der Waals surface area contributed by atoms with Gasteiger partial charge in [0.1, 0.15) is 0 Å². The van der Waals surface area contributed by atoms with Crippen LogP contribution in [-0.4, -0.2) is 42.0 Å². The molecule has 7 nitrogen and oxygen atoms in total. The Bertz CT molecular complexity index is 341. The second kappa shape index (κ2) is 8.37. The fourth-order valence-electron chi connectivity index (χ4n) is 1.24. The van der Waals surface area contributed by atoms with Gasteiger partial charge in [-0.1, -0.05) is 0 Å². The quantitative estimate of drug-likeness (QED) is 0.709. The second-order valence-corrected chi connectivity index (χ2v) is 3.27. The van der Waals surface area contributed by atoms with Crippen LogP contribution in [0, 0.1) is 0 Å². The van der Waals surface area contributed by atoms with Gasteiger partial charge < -0.3 is 14.8 Å². The van der Waals surface area contributed by atoms with Crippen LogP contribution in [0.5, 0.6) is 0 Å². The minimum atomic E-state index is -0.437. The van der Waals surface area contributed by atoms with Crippen LogP contribution < -0.4 is 10.6 Å². The van der Waals surface area contributed by atoms with E-state index in [2.05, 4.69) is 20.6 Å². The molecule has 0 aliphatic rings. The Morgan fingerprint density at radius 1 is 1.33 bits per heavy atom. The third-order valence-corrected chi connectivity index (χ3v) is 1.94. The van der Waals surface area contributed by atoms with Gasteiger partial charge in [0.25, 0.3) is 0 Å². The van der Waals surface area contributed by atoms with Gasteiger partial charge >= 0.3 is 6.03 Å². The molecule has 7 heteroatoms. The molecule has 1 rings (SSSR count). The lowest BCUT2D eigenvalue weighted by Gasteiger charge is -2.17. The molecule has 1 heterocycles. The van der Waals surface area contributed by atoms with Gasteiger partial charge in [0.15, 0.2) is 12.1 Å². The average Bonchev–Trinajstić information content (AvgIpc) is 2.38. The van der Waals surface area contributed by atoms with Gasteiger partial charge in [0.05, 0.1) is 12.7 Å². The first-order valence-corrected chi connectivity index (χ1v) is 5.80. The van der Waals surface area contributed by atoms with Crippen LogP contribution in [0.25, 0.3) is 0 Å². The Morgan fingerprint density at radius 2 is 2.06 bits per heavy atom. The molecule has 0 fully saturated rings. The van der Waals surface area contributed by atoms with Crippen LogP contribution in [0.3, 0.4) is 0 Å². The van der Waals surface area contributed by atoms with Crippen LogP contribution in [0.15, 0.2) is 18.6 Å². The molecule has 0 unspecified atom stereocenters. The lowest BCUT2D eigenvalue weighted by molar-refractivity contribution is -0.131. The molecule has 18 heavy (non-hydrogen) atoms. The number of urea groups is 1. The number of amides is 2. The van der Waals surface area contributed by atoms with E-state index in [1.54, 1.807) is 0 Å². The van der Waals surface area contributed by atoms with E-state index < -0.39 is 6.29 Å². The first-order chi connectivity index (χ1) is 8.76. The van der Waals surface area contributed by atoms with Crippen LogP contribution in [-0.2, 0) is 9.47 Å². The summed E-state index contributed by atoms with van der Waals surface area (Å²) in [6, 6.07) is -0.375. The maximum Gasteiger partial charge on any atom is 0.320 e. The topological polar surface area (TPSA) is 85.4 Å². The van der Waals surface area contributed by atoms with Gasteiger partial charge in [0.2, 0.25) is 0 Å². The van der Waals surface area contributed by atoms with Crippen molar-refractivity contribution in [2.75, 3.05) is 25.1 Å². The maximum absolute atomic E-state index is 11.5. The van der Waals surface area contributed by atoms with E-state index in [9.17, 15) is 4.79 Å². The predicted molar refractivity (Wildman–Crippen MR) is 66.1 cm³/mol. The highest BCUT2D eigenvalue weighted by Gasteiger charge is 2.10. The summed E-state index contributed by atoms with van der Waals surface area (Å²) in [5.74, 6) is 0.388. The molecule has 1 aromatic rings. The van der Waals surface area contributed by atoms with Crippen molar-refractivity contribution in [2.45, 2.75) is 20.1 Å². The zero-order valence-corrected chi connectivity index (χ0v) is 10.5. The van der Waals surface area contributed by atoms with E-state index >= 15 is 0 Å². The second-order valence-electron chi connectivity index (χ2n) is 3.27. The fraction of sp³-hybridized carbons (Fsp3) is 0.545. The highest BCUT2D eigenvalue weighted by atomic mass is 16.7. The summed E-state index contributed by atoms with van der Waals surface area (Å²) in [6.45, 7) is 5.06. The molecular formula is C11H18N4O3. The molecular weight excluding hydrogens is 236 g/mol. The summed E-state index contributed by atoms with van der Waals surface area (Å²) in [4.78, 5) is 19.3. The number of anilines is 1. The molecule has 0 bridgehead atoms. The van der Waals surface area contributed by atoms with Crippen molar-refractivity contribution in [2.24, 2.45) is 0 Å². The van der Waals surface area contributed by atoms with Crippen LogP contribution >= 0.6 is 0 Å². The van der Waals surface area contributed by atoms with Crippen molar-refractivity contribution < 1.29 is 14.3 Å². The van der Waals surface area contributed by atoms with E-state index in [0.29, 0.717) is 19.0 Å². The zero-order valence-electron chi connectivity index (χ0n) is 10.5. The fourth-order valence-corrected chi connectivity index (χ4v) is 1.24. The van der Waals surface area contributed by atoms with E-state index in [1.165, 1.54) is 18.6 Å². The number of rotatable bonds is 7. The summed E-state index contributed by atoms with van der Waals surface area (Å²) in [6.07, 6.45) is 4.05. The van der Waals surface area contributed by atoms with Gasteiger partial charge in [-0.25, -0.2) is 9.78 Å². The average molecular weight is 254 g/mol. The summed E-state index contributed by atoms with van der Waals surface area (Å²) in [5.41, 5.74) is 0. The molecule has 0 spiro atoms. The highest BCUT2D eigenvalue weighted by molar-refractivity contribution is 5.87. The number of nitrogens with zero attached hydrogens (tertiary/aromatic N) is 2. The van der Waals surface area contributed by atoms with E-state index in [1.807, 2.05) is 13.8 Å². The number of carbonyl (C=O) groups is 1. The van der Waals surface area contributed by atoms with Gasteiger partial charge in [-0.3, -0.25) is 10.3 Å². The smallest absolute Gasteiger partial charge is 0.320 e. The number of carbonyl (C=O) groups excluding carboxylic acids is 1.